The Bertz CT molecular complexity index is 337. The first kappa shape index (κ1) is 13.7. The highest BCUT2D eigenvalue weighted by Crippen LogP contribution is 2.27. The zero-order valence-corrected chi connectivity index (χ0v) is 10.0. The number of benzene rings is 1. The molecule has 1 rings (SSSR count). The van der Waals surface area contributed by atoms with Crippen molar-refractivity contribution in [3.63, 3.8) is 0 Å². The second kappa shape index (κ2) is 7.06. The fourth-order valence-corrected chi connectivity index (χ4v) is 1.29. The van der Waals surface area contributed by atoms with Gasteiger partial charge in [0.05, 0.1) is 0 Å². The lowest BCUT2D eigenvalue weighted by atomic mass is 10.1. The predicted octanol–water partition coefficient (Wildman–Crippen LogP) is 2.74. The van der Waals surface area contributed by atoms with Crippen LogP contribution in [0.5, 0.6) is 11.5 Å². The Morgan fingerprint density at radius 3 is 2.33 bits per heavy atom. The first-order valence-corrected chi connectivity index (χ1v) is 5.94. The molecule has 0 aliphatic heterocycles. The van der Waals surface area contributed by atoms with Crippen LogP contribution >= 0.6 is 11.8 Å². The molecule has 0 aliphatic rings. The highest BCUT2D eigenvalue weighted by Gasteiger charge is 2.01. The molecule has 0 atom stereocenters. The van der Waals surface area contributed by atoms with Gasteiger partial charge in [0, 0.05) is 11.3 Å². The molecule has 0 amide bonds. The van der Waals surface area contributed by atoms with Crippen molar-refractivity contribution in [3.8, 4) is 11.5 Å². The molecule has 0 bridgehead atoms. The van der Waals surface area contributed by atoms with E-state index in [1.807, 2.05) is 20.1 Å². The standard InChI is InChI=1S/C9H11NO2S.C2H6/c1-13-5-7(10)6-2-3-8(11)9(12)4-6;1-2/h2-5,11-12H,10H2,1H3;1-2H3/b7-5-;. The molecule has 84 valence electrons. The predicted molar refractivity (Wildman–Crippen MR) is 66.8 cm³/mol. The van der Waals surface area contributed by atoms with E-state index < -0.39 is 0 Å². The molecule has 4 heteroatoms. The number of hydrogen-bond donors (Lipinski definition) is 3. The summed E-state index contributed by atoms with van der Waals surface area (Å²) >= 11 is 1.48. The van der Waals surface area contributed by atoms with E-state index in [4.69, 9.17) is 10.8 Å². The normalized spacial score (nSPS) is 10.5. The summed E-state index contributed by atoms with van der Waals surface area (Å²) in [6, 6.07) is 4.49. The van der Waals surface area contributed by atoms with Crippen LogP contribution in [0.1, 0.15) is 19.4 Å². The van der Waals surface area contributed by atoms with E-state index in [1.54, 1.807) is 11.5 Å². The summed E-state index contributed by atoms with van der Waals surface area (Å²) in [6.45, 7) is 4.00. The van der Waals surface area contributed by atoms with Gasteiger partial charge in [-0.2, -0.15) is 0 Å². The first-order valence-electron chi connectivity index (χ1n) is 4.66. The molecule has 0 saturated carbocycles. The Hall–Kier alpha value is -1.29. The molecule has 0 heterocycles. The second-order valence-corrected chi connectivity index (χ2v) is 3.22. The van der Waals surface area contributed by atoms with Crippen LogP contribution in [-0.2, 0) is 0 Å². The Morgan fingerprint density at radius 1 is 1.27 bits per heavy atom. The highest BCUT2D eigenvalue weighted by molar-refractivity contribution is 8.01. The Morgan fingerprint density at radius 2 is 1.87 bits per heavy atom. The van der Waals surface area contributed by atoms with Crippen LogP contribution in [0.3, 0.4) is 0 Å². The molecule has 0 fully saturated rings. The van der Waals surface area contributed by atoms with E-state index in [9.17, 15) is 5.11 Å². The maximum atomic E-state index is 9.18. The summed E-state index contributed by atoms with van der Waals surface area (Å²) in [7, 11) is 0. The third-order valence-electron chi connectivity index (χ3n) is 1.55. The average Bonchev–Trinajstić information content (AvgIpc) is 2.25. The maximum absolute atomic E-state index is 9.18. The monoisotopic (exact) mass is 227 g/mol. The van der Waals surface area contributed by atoms with Crippen LogP contribution in [0.25, 0.3) is 5.70 Å². The Kier molecular flexibility index (Phi) is 6.45. The van der Waals surface area contributed by atoms with Crippen molar-refractivity contribution in [2.75, 3.05) is 6.26 Å². The lowest BCUT2D eigenvalue weighted by Gasteiger charge is -2.02. The fraction of sp³-hybridized carbons (Fsp3) is 0.273. The molecular formula is C11H17NO2S. The van der Waals surface area contributed by atoms with Crippen LogP contribution in [0.2, 0.25) is 0 Å². The molecule has 4 N–H and O–H groups in total. The van der Waals surface area contributed by atoms with Gasteiger partial charge in [0.1, 0.15) is 0 Å². The van der Waals surface area contributed by atoms with Gasteiger partial charge in [0.25, 0.3) is 0 Å². The topological polar surface area (TPSA) is 66.5 Å². The molecule has 0 aromatic heterocycles. The van der Waals surface area contributed by atoms with Crippen molar-refractivity contribution in [1.29, 1.82) is 0 Å². The van der Waals surface area contributed by atoms with Gasteiger partial charge in [0.2, 0.25) is 0 Å². The van der Waals surface area contributed by atoms with Crippen molar-refractivity contribution < 1.29 is 10.2 Å². The minimum Gasteiger partial charge on any atom is -0.504 e. The molecule has 1 aromatic rings. The van der Waals surface area contributed by atoms with E-state index in [1.165, 1.54) is 23.9 Å². The van der Waals surface area contributed by atoms with Gasteiger partial charge in [0.15, 0.2) is 11.5 Å². The van der Waals surface area contributed by atoms with Crippen LogP contribution in [-0.4, -0.2) is 16.5 Å². The third kappa shape index (κ3) is 4.16. The molecule has 1 aromatic carbocycles. The molecule has 0 unspecified atom stereocenters. The van der Waals surface area contributed by atoms with E-state index in [2.05, 4.69) is 0 Å². The lowest BCUT2D eigenvalue weighted by Crippen LogP contribution is -1.94. The minimum absolute atomic E-state index is 0.138. The first-order chi connectivity index (χ1) is 7.15. The lowest BCUT2D eigenvalue weighted by molar-refractivity contribution is 0.403. The smallest absolute Gasteiger partial charge is 0.158 e. The van der Waals surface area contributed by atoms with Crippen molar-refractivity contribution in [1.82, 2.24) is 0 Å². The van der Waals surface area contributed by atoms with Crippen LogP contribution in [0.15, 0.2) is 23.6 Å². The number of thioether (sulfide) groups is 1. The SMILES string of the molecule is CC.CS/C=C(\N)c1ccc(O)c(O)c1. The zero-order valence-electron chi connectivity index (χ0n) is 9.19. The van der Waals surface area contributed by atoms with Gasteiger partial charge >= 0.3 is 0 Å². The van der Waals surface area contributed by atoms with Crippen molar-refractivity contribution in [2.45, 2.75) is 13.8 Å². The summed E-state index contributed by atoms with van der Waals surface area (Å²) < 4.78 is 0. The largest absolute Gasteiger partial charge is 0.504 e. The van der Waals surface area contributed by atoms with Crippen molar-refractivity contribution in [2.24, 2.45) is 5.73 Å². The van der Waals surface area contributed by atoms with E-state index in [0.29, 0.717) is 11.3 Å². The van der Waals surface area contributed by atoms with E-state index in [-0.39, 0.29) is 11.5 Å². The van der Waals surface area contributed by atoms with Gasteiger partial charge in [-0.1, -0.05) is 13.8 Å². The summed E-state index contributed by atoms with van der Waals surface area (Å²) in [5.74, 6) is -0.296. The van der Waals surface area contributed by atoms with Crippen LogP contribution in [0, 0.1) is 0 Å². The average molecular weight is 227 g/mol. The van der Waals surface area contributed by atoms with Gasteiger partial charge in [-0.25, -0.2) is 0 Å². The summed E-state index contributed by atoms with van der Waals surface area (Å²) in [6.07, 6.45) is 1.90. The number of hydrogen-bond acceptors (Lipinski definition) is 4. The third-order valence-corrected chi connectivity index (χ3v) is 2.04. The molecular weight excluding hydrogens is 210 g/mol. The minimum atomic E-state index is -0.157. The summed E-state index contributed by atoms with van der Waals surface area (Å²) in [4.78, 5) is 0. The van der Waals surface area contributed by atoms with Gasteiger partial charge in [-0.05, 0) is 29.9 Å². The van der Waals surface area contributed by atoms with E-state index >= 15 is 0 Å². The molecule has 0 spiro atoms. The molecule has 0 saturated heterocycles. The number of phenolic OH excluding ortho intramolecular Hbond substituents is 2. The zero-order chi connectivity index (χ0) is 11.8. The number of nitrogens with two attached hydrogens (primary N) is 1. The van der Waals surface area contributed by atoms with Gasteiger partial charge in [-0.15, -0.1) is 11.8 Å². The second-order valence-electron chi connectivity index (χ2n) is 2.51. The van der Waals surface area contributed by atoms with Crippen LogP contribution in [0.4, 0.5) is 0 Å². The highest BCUT2D eigenvalue weighted by atomic mass is 32.2. The van der Waals surface area contributed by atoms with E-state index in [0.717, 1.165) is 0 Å². The van der Waals surface area contributed by atoms with Crippen LogP contribution < -0.4 is 5.73 Å². The van der Waals surface area contributed by atoms with Gasteiger partial charge in [-0.3, -0.25) is 0 Å². The Labute approximate surface area is 94.6 Å². The van der Waals surface area contributed by atoms with Gasteiger partial charge < -0.3 is 15.9 Å². The molecule has 0 radical (unpaired) electrons. The number of phenols is 2. The Balaban J connectivity index is 0.000000921. The van der Waals surface area contributed by atoms with Crippen molar-refractivity contribution in [3.05, 3.63) is 29.2 Å². The quantitative estimate of drug-likeness (QED) is 0.680. The number of aromatic hydroxyl groups is 2. The maximum Gasteiger partial charge on any atom is 0.158 e. The number of rotatable bonds is 2. The molecule has 0 aliphatic carbocycles. The summed E-state index contributed by atoms with van der Waals surface area (Å²) in [5.41, 5.74) is 6.94. The summed E-state index contributed by atoms with van der Waals surface area (Å²) in [5, 5.41) is 20.0. The molecule has 3 nitrogen and oxygen atoms in total. The van der Waals surface area contributed by atoms with Crippen molar-refractivity contribution >= 4 is 17.5 Å². The fourth-order valence-electron chi connectivity index (χ4n) is 0.898. The molecule has 15 heavy (non-hydrogen) atoms.